The van der Waals surface area contributed by atoms with Gasteiger partial charge in [0.15, 0.2) is 10.3 Å². The summed E-state index contributed by atoms with van der Waals surface area (Å²) in [6.45, 7) is 3.42. The van der Waals surface area contributed by atoms with E-state index in [4.69, 9.17) is 11.6 Å². The Balaban J connectivity index is 1.61. The maximum absolute atomic E-state index is 11.2. The van der Waals surface area contributed by atoms with Gasteiger partial charge in [0.05, 0.1) is 16.4 Å². The SMILES string of the molecule is CC(=O)Nc1nc(CSc2nnc(N3CCCC3)n2-c2ccccc2Cl)cs1. The summed E-state index contributed by atoms with van der Waals surface area (Å²) in [5.41, 5.74) is 1.76. The van der Waals surface area contributed by atoms with Gasteiger partial charge in [0.1, 0.15) is 0 Å². The van der Waals surface area contributed by atoms with Gasteiger partial charge >= 0.3 is 0 Å². The number of nitrogens with zero attached hydrogens (tertiary/aromatic N) is 5. The Morgan fingerprint density at radius 2 is 2.07 bits per heavy atom. The van der Waals surface area contributed by atoms with Crippen LogP contribution in [0.2, 0.25) is 5.02 Å². The number of nitrogens with one attached hydrogen (secondary N) is 1. The Kier molecular flexibility index (Phi) is 5.84. The molecule has 0 saturated carbocycles. The minimum atomic E-state index is -0.123. The third kappa shape index (κ3) is 4.16. The molecule has 1 aliphatic rings. The number of amides is 1. The van der Waals surface area contributed by atoms with Crippen molar-refractivity contribution >= 4 is 51.7 Å². The number of benzene rings is 1. The molecule has 3 aromatic rings. The molecule has 1 aliphatic heterocycles. The molecule has 0 aliphatic carbocycles. The number of hydrogen-bond acceptors (Lipinski definition) is 7. The zero-order chi connectivity index (χ0) is 19.5. The summed E-state index contributed by atoms with van der Waals surface area (Å²) in [5, 5.41) is 15.6. The maximum atomic E-state index is 11.2. The van der Waals surface area contributed by atoms with Crippen molar-refractivity contribution in [2.75, 3.05) is 23.3 Å². The molecular weight excluding hydrogens is 416 g/mol. The van der Waals surface area contributed by atoms with Gasteiger partial charge in [0.2, 0.25) is 11.9 Å². The van der Waals surface area contributed by atoms with Gasteiger partial charge in [0.25, 0.3) is 0 Å². The van der Waals surface area contributed by atoms with E-state index in [1.54, 1.807) is 11.8 Å². The molecular formula is C18H19ClN6OS2. The lowest BCUT2D eigenvalue weighted by Crippen LogP contribution is -2.22. The van der Waals surface area contributed by atoms with Crippen molar-refractivity contribution in [3.05, 3.63) is 40.4 Å². The Hall–Kier alpha value is -2.10. The van der Waals surface area contributed by atoms with E-state index >= 15 is 0 Å². The Morgan fingerprint density at radius 3 is 2.82 bits per heavy atom. The predicted octanol–water partition coefficient (Wildman–Crippen LogP) is 4.23. The normalized spacial score (nSPS) is 13.9. The summed E-state index contributed by atoms with van der Waals surface area (Å²) in [7, 11) is 0. The highest BCUT2D eigenvalue weighted by atomic mass is 35.5. The number of anilines is 2. The third-order valence-electron chi connectivity index (χ3n) is 4.28. The van der Waals surface area contributed by atoms with Gasteiger partial charge in [-0.1, -0.05) is 35.5 Å². The lowest BCUT2D eigenvalue weighted by Gasteiger charge is -2.19. The molecule has 1 amide bonds. The Morgan fingerprint density at radius 1 is 1.29 bits per heavy atom. The molecule has 0 bridgehead atoms. The number of carbonyl (C=O) groups excluding carboxylic acids is 1. The van der Waals surface area contributed by atoms with Crippen LogP contribution in [0, 0.1) is 0 Å². The third-order valence-corrected chi connectivity index (χ3v) is 6.37. The molecule has 146 valence electrons. The topological polar surface area (TPSA) is 75.9 Å². The van der Waals surface area contributed by atoms with Crippen molar-refractivity contribution < 1.29 is 4.79 Å². The van der Waals surface area contributed by atoms with Crippen LogP contribution in [0.4, 0.5) is 11.1 Å². The van der Waals surface area contributed by atoms with Gasteiger partial charge in [-0.15, -0.1) is 21.5 Å². The fourth-order valence-electron chi connectivity index (χ4n) is 3.04. The molecule has 0 unspecified atom stereocenters. The summed E-state index contributed by atoms with van der Waals surface area (Å²) in [6, 6.07) is 7.73. The first-order valence-electron chi connectivity index (χ1n) is 8.92. The smallest absolute Gasteiger partial charge is 0.232 e. The molecule has 3 heterocycles. The summed E-state index contributed by atoms with van der Waals surface area (Å²) in [4.78, 5) is 17.9. The second-order valence-corrected chi connectivity index (χ2v) is 8.59. The molecule has 10 heteroatoms. The van der Waals surface area contributed by atoms with Crippen LogP contribution in [0.1, 0.15) is 25.5 Å². The van der Waals surface area contributed by atoms with Crippen LogP contribution >= 0.6 is 34.7 Å². The second kappa shape index (κ2) is 8.50. The van der Waals surface area contributed by atoms with Crippen molar-refractivity contribution in [1.82, 2.24) is 19.7 Å². The molecule has 2 aromatic heterocycles. The van der Waals surface area contributed by atoms with Crippen molar-refractivity contribution in [2.24, 2.45) is 0 Å². The number of carbonyl (C=O) groups is 1. The monoisotopic (exact) mass is 434 g/mol. The first-order chi connectivity index (χ1) is 13.6. The lowest BCUT2D eigenvalue weighted by molar-refractivity contribution is -0.114. The zero-order valence-corrected chi connectivity index (χ0v) is 17.6. The van der Waals surface area contributed by atoms with Crippen LogP contribution in [0.25, 0.3) is 5.69 Å². The summed E-state index contributed by atoms with van der Waals surface area (Å²) in [5.74, 6) is 1.33. The van der Waals surface area contributed by atoms with Crippen LogP contribution < -0.4 is 10.2 Å². The van der Waals surface area contributed by atoms with Gasteiger partial charge in [-0.05, 0) is 25.0 Å². The fourth-order valence-corrected chi connectivity index (χ4v) is 4.96. The van der Waals surface area contributed by atoms with E-state index in [2.05, 4.69) is 25.4 Å². The molecule has 0 atom stereocenters. The number of aromatic nitrogens is 4. The standard InChI is InChI=1S/C18H19ClN6OS2/c1-12(26)20-16-21-13(10-27-16)11-28-18-23-22-17(24-8-4-5-9-24)25(18)15-7-3-2-6-14(15)19/h2-3,6-7,10H,4-5,8-9,11H2,1H3,(H,20,21,26). The number of para-hydroxylation sites is 1. The molecule has 1 fully saturated rings. The second-order valence-electron chi connectivity index (χ2n) is 6.38. The highest BCUT2D eigenvalue weighted by Crippen LogP contribution is 2.33. The van der Waals surface area contributed by atoms with Gasteiger partial charge < -0.3 is 10.2 Å². The highest BCUT2D eigenvalue weighted by Gasteiger charge is 2.23. The van der Waals surface area contributed by atoms with Gasteiger partial charge in [0, 0.05) is 31.1 Å². The number of halogens is 1. The van der Waals surface area contributed by atoms with Crippen LogP contribution in [-0.2, 0) is 10.5 Å². The average molecular weight is 435 g/mol. The first-order valence-corrected chi connectivity index (χ1v) is 11.2. The number of thiazole rings is 1. The van der Waals surface area contributed by atoms with Gasteiger partial charge in [-0.3, -0.25) is 9.36 Å². The number of rotatable bonds is 6. The molecule has 1 saturated heterocycles. The molecule has 4 rings (SSSR count). The minimum absolute atomic E-state index is 0.123. The molecule has 28 heavy (non-hydrogen) atoms. The lowest BCUT2D eigenvalue weighted by atomic mass is 10.3. The molecule has 0 radical (unpaired) electrons. The van der Waals surface area contributed by atoms with E-state index in [0.29, 0.717) is 15.9 Å². The van der Waals surface area contributed by atoms with Crippen molar-refractivity contribution in [3.63, 3.8) is 0 Å². The van der Waals surface area contributed by atoms with Crippen LogP contribution in [0.15, 0.2) is 34.8 Å². The summed E-state index contributed by atoms with van der Waals surface area (Å²) >= 11 is 9.44. The van der Waals surface area contributed by atoms with Crippen molar-refractivity contribution in [3.8, 4) is 5.69 Å². The van der Waals surface area contributed by atoms with E-state index < -0.39 is 0 Å². The molecule has 0 spiro atoms. The minimum Gasteiger partial charge on any atom is -0.341 e. The van der Waals surface area contributed by atoms with Crippen LogP contribution in [0.3, 0.4) is 0 Å². The highest BCUT2D eigenvalue weighted by molar-refractivity contribution is 7.98. The van der Waals surface area contributed by atoms with E-state index in [1.165, 1.54) is 18.3 Å². The molecule has 1 aromatic carbocycles. The zero-order valence-electron chi connectivity index (χ0n) is 15.3. The van der Waals surface area contributed by atoms with Crippen LogP contribution in [0.5, 0.6) is 0 Å². The Bertz CT molecular complexity index is 982. The quantitative estimate of drug-likeness (QED) is 0.585. The van der Waals surface area contributed by atoms with Gasteiger partial charge in [-0.25, -0.2) is 4.98 Å². The first kappa shape index (κ1) is 19.2. The maximum Gasteiger partial charge on any atom is 0.232 e. The molecule has 1 N–H and O–H groups in total. The summed E-state index contributed by atoms with van der Waals surface area (Å²) < 4.78 is 2.03. The van der Waals surface area contributed by atoms with Crippen molar-refractivity contribution in [2.45, 2.75) is 30.7 Å². The Labute approximate surface area is 176 Å². The molecule has 7 nitrogen and oxygen atoms in total. The van der Waals surface area contributed by atoms with Crippen LogP contribution in [-0.4, -0.2) is 38.7 Å². The van der Waals surface area contributed by atoms with Crippen molar-refractivity contribution in [1.29, 1.82) is 0 Å². The van der Waals surface area contributed by atoms with E-state index in [1.807, 2.05) is 34.2 Å². The average Bonchev–Trinajstić information content (AvgIpc) is 3.40. The predicted molar refractivity (Wildman–Crippen MR) is 114 cm³/mol. The van der Waals surface area contributed by atoms with E-state index in [9.17, 15) is 4.79 Å². The van der Waals surface area contributed by atoms with E-state index in [0.717, 1.165) is 48.4 Å². The number of thioether (sulfide) groups is 1. The van der Waals surface area contributed by atoms with E-state index in [-0.39, 0.29) is 5.91 Å². The summed E-state index contributed by atoms with van der Waals surface area (Å²) in [6.07, 6.45) is 2.31. The fraction of sp³-hybridized carbons (Fsp3) is 0.333. The largest absolute Gasteiger partial charge is 0.341 e. The van der Waals surface area contributed by atoms with Gasteiger partial charge in [-0.2, -0.15) is 0 Å². The number of hydrogen-bond donors (Lipinski definition) is 1.